The maximum absolute atomic E-state index is 12.9. The van der Waals surface area contributed by atoms with Crippen molar-refractivity contribution in [2.24, 2.45) is 5.73 Å². The number of carbonyl (C=O) groups is 4. The van der Waals surface area contributed by atoms with Gasteiger partial charge in [-0.25, -0.2) is 4.79 Å². The van der Waals surface area contributed by atoms with Crippen LogP contribution in [-0.4, -0.2) is 42.6 Å². The first kappa shape index (κ1) is 27.5. The number of hydrogen-bond acceptors (Lipinski definition) is 6. The number of benzene rings is 1. The Balaban J connectivity index is 2.89. The summed E-state index contributed by atoms with van der Waals surface area (Å²) in [6.45, 7) is 6.93. The highest BCUT2D eigenvalue weighted by Crippen LogP contribution is 2.19. The van der Waals surface area contributed by atoms with E-state index in [1.807, 2.05) is 13.0 Å². The van der Waals surface area contributed by atoms with Gasteiger partial charge >= 0.3 is 12.1 Å². The van der Waals surface area contributed by atoms with Crippen molar-refractivity contribution in [3.05, 3.63) is 29.3 Å². The molecule has 1 atom stereocenters. The van der Waals surface area contributed by atoms with Crippen LogP contribution in [0.3, 0.4) is 0 Å². The molecule has 0 heterocycles. The maximum atomic E-state index is 12.9. The second kappa shape index (κ2) is 13.1. The van der Waals surface area contributed by atoms with Gasteiger partial charge in [0.25, 0.3) is 0 Å². The van der Waals surface area contributed by atoms with E-state index in [0.29, 0.717) is 24.9 Å². The lowest BCUT2D eigenvalue weighted by Gasteiger charge is -2.23. The van der Waals surface area contributed by atoms with Gasteiger partial charge in [-0.2, -0.15) is 0 Å². The molecule has 1 aromatic rings. The number of methoxy groups -OCH3 is 1. The van der Waals surface area contributed by atoms with Crippen LogP contribution in [0.25, 0.3) is 0 Å². The number of primary amides is 1. The number of alkyl carbamates (subject to hydrolysis) is 1. The van der Waals surface area contributed by atoms with Crippen molar-refractivity contribution < 1.29 is 28.7 Å². The van der Waals surface area contributed by atoms with Crippen LogP contribution in [0.2, 0.25) is 0 Å². The van der Waals surface area contributed by atoms with Crippen molar-refractivity contribution in [2.75, 3.05) is 12.4 Å². The molecule has 180 valence electrons. The van der Waals surface area contributed by atoms with Gasteiger partial charge < -0.3 is 25.8 Å². The number of carbonyl (C=O) groups excluding carboxylic acids is 4. The monoisotopic (exact) mass is 459 g/mol. The van der Waals surface area contributed by atoms with Gasteiger partial charge in [-0.1, -0.05) is 17.9 Å². The molecule has 0 aliphatic carbocycles. The molecule has 0 bridgehead atoms. The van der Waals surface area contributed by atoms with E-state index in [-0.39, 0.29) is 18.8 Å². The first-order valence-electron chi connectivity index (χ1n) is 10.7. The summed E-state index contributed by atoms with van der Waals surface area (Å²) >= 11 is 0. The van der Waals surface area contributed by atoms with Crippen LogP contribution in [0.4, 0.5) is 10.5 Å². The fraction of sp³-hybridized carbons (Fsp3) is 0.500. The van der Waals surface area contributed by atoms with Gasteiger partial charge in [0.2, 0.25) is 11.8 Å². The molecule has 9 nitrogen and oxygen atoms in total. The lowest BCUT2D eigenvalue weighted by atomic mass is 10.1. The topological polar surface area (TPSA) is 137 Å². The second-order valence-electron chi connectivity index (χ2n) is 8.40. The van der Waals surface area contributed by atoms with Crippen molar-refractivity contribution in [2.45, 2.75) is 71.4 Å². The Morgan fingerprint density at radius 1 is 1.15 bits per heavy atom. The van der Waals surface area contributed by atoms with Gasteiger partial charge in [0.15, 0.2) is 0 Å². The zero-order valence-electron chi connectivity index (χ0n) is 19.9. The predicted octanol–water partition coefficient (Wildman–Crippen LogP) is 2.79. The minimum Gasteiger partial charge on any atom is -0.469 e. The average molecular weight is 460 g/mol. The highest BCUT2D eigenvalue weighted by atomic mass is 16.6. The summed E-state index contributed by atoms with van der Waals surface area (Å²) in [5.74, 6) is 4.69. The minimum atomic E-state index is -1.01. The molecule has 0 spiro atoms. The SMILES string of the molecule is COC(=O)CCCC#Cc1cccc(NC(=O)[C@H](CCC(N)=O)NC(=O)OC(C)(C)C)c1C. The number of nitrogens with one attached hydrogen (secondary N) is 2. The summed E-state index contributed by atoms with van der Waals surface area (Å²) in [7, 11) is 1.35. The molecular formula is C24H33N3O6. The van der Waals surface area contributed by atoms with Crippen molar-refractivity contribution >= 4 is 29.6 Å². The number of amides is 3. The third-order valence-corrected chi connectivity index (χ3v) is 4.41. The number of unbranched alkanes of at least 4 members (excludes halogenated alkanes) is 1. The van der Waals surface area contributed by atoms with E-state index in [4.69, 9.17) is 10.5 Å². The van der Waals surface area contributed by atoms with Crippen LogP contribution in [0, 0.1) is 18.8 Å². The zero-order chi connectivity index (χ0) is 25.0. The molecule has 0 fully saturated rings. The van der Waals surface area contributed by atoms with E-state index >= 15 is 0 Å². The van der Waals surface area contributed by atoms with Crippen LogP contribution >= 0.6 is 0 Å². The van der Waals surface area contributed by atoms with Crippen LogP contribution < -0.4 is 16.4 Å². The van der Waals surface area contributed by atoms with Gasteiger partial charge in [0.05, 0.1) is 7.11 Å². The van der Waals surface area contributed by atoms with Gasteiger partial charge in [-0.05, 0) is 58.2 Å². The molecule has 0 unspecified atom stereocenters. The number of esters is 1. The Bertz CT molecular complexity index is 924. The minimum absolute atomic E-state index is 0.0269. The highest BCUT2D eigenvalue weighted by Gasteiger charge is 2.25. The first-order chi connectivity index (χ1) is 15.4. The normalized spacial score (nSPS) is 11.4. The number of nitrogens with two attached hydrogens (primary N) is 1. The molecule has 0 saturated heterocycles. The first-order valence-corrected chi connectivity index (χ1v) is 10.7. The summed E-state index contributed by atoms with van der Waals surface area (Å²) in [4.78, 5) is 47.4. The largest absolute Gasteiger partial charge is 0.469 e. The third-order valence-electron chi connectivity index (χ3n) is 4.41. The molecule has 3 amide bonds. The van der Waals surface area contributed by atoms with E-state index in [1.165, 1.54) is 7.11 Å². The van der Waals surface area contributed by atoms with Gasteiger partial charge in [-0.3, -0.25) is 14.4 Å². The molecule has 0 aliphatic heterocycles. The quantitative estimate of drug-likeness (QED) is 0.295. The molecular weight excluding hydrogens is 426 g/mol. The van der Waals surface area contributed by atoms with E-state index in [0.717, 1.165) is 11.1 Å². The van der Waals surface area contributed by atoms with Gasteiger partial charge in [0.1, 0.15) is 11.6 Å². The lowest BCUT2D eigenvalue weighted by Crippen LogP contribution is -2.46. The summed E-state index contributed by atoms with van der Waals surface area (Å²) in [6, 6.07) is 4.27. The molecule has 0 aromatic heterocycles. The van der Waals surface area contributed by atoms with Crippen molar-refractivity contribution in [1.82, 2.24) is 5.32 Å². The van der Waals surface area contributed by atoms with E-state index < -0.39 is 29.6 Å². The molecule has 33 heavy (non-hydrogen) atoms. The predicted molar refractivity (Wildman–Crippen MR) is 124 cm³/mol. The van der Waals surface area contributed by atoms with Crippen LogP contribution in [0.15, 0.2) is 18.2 Å². The third kappa shape index (κ3) is 11.1. The van der Waals surface area contributed by atoms with E-state index in [9.17, 15) is 19.2 Å². The zero-order valence-corrected chi connectivity index (χ0v) is 19.9. The summed E-state index contributed by atoms with van der Waals surface area (Å²) < 4.78 is 9.81. The smallest absolute Gasteiger partial charge is 0.408 e. The Morgan fingerprint density at radius 2 is 1.85 bits per heavy atom. The maximum Gasteiger partial charge on any atom is 0.408 e. The number of ether oxygens (including phenoxy) is 2. The molecule has 1 rings (SSSR count). The van der Waals surface area contributed by atoms with Crippen LogP contribution in [0.5, 0.6) is 0 Å². The average Bonchev–Trinajstić information content (AvgIpc) is 2.71. The number of hydrogen-bond donors (Lipinski definition) is 3. The second-order valence-corrected chi connectivity index (χ2v) is 8.40. The van der Waals surface area contributed by atoms with Gasteiger partial charge in [-0.15, -0.1) is 0 Å². The molecule has 0 saturated carbocycles. The lowest BCUT2D eigenvalue weighted by molar-refractivity contribution is -0.140. The fourth-order valence-corrected chi connectivity index (χ4v) is 2.71. The summed E-state index contributed by atoms with van der Waals surface area (Å²) in [5.41, 5.74) is 6.46. The summed E-state index contributed by atoms with van der Waals surface area (Å²) in [5, 5.41) is 5.27. The Hall–Kier alpha value is -3.54. The van der Waals surface area contributed by atoms with Crippen LogP contribution in [0.1, 0.15) is 64.0 Å². The Kier molecular flexibility index (Phi) is 10.9. The van der Waals surface area contributed by atoms with Gasteiger partial charge in [0, 0.05) is 30.5 Å². The molecule has 1 aromatic carbocycles. The van der Waals surface area contributed by atoms with Crippen molar-refractivity contribution in [1.29, 1.82) is 0 Å². The molecule has 0 aliphatic rings. The van der Waals surface area contributed by atoms with Crippen molar-refractivity contribution in [3.63, 3.8) is 0 Å². The highest BCUT2D eigenvalue weighted by molar-refractivity contribution is 5.97. The van der Waals surface area contributed by atoms with Crippen molar-refractivity contribution in [3.8, 4) is 11.8 Å². The van der Waals surface area contributed by atoms with Crippen LogP contribution in [-0.2, 0) is 23.9 Å². The van der Waals surface area contributed by atoms with E-state index in [2.05, 4.69) is 27.2 Å². The summed E-state index contributed by atoms with van der Waals surface area (Å²) in [6.07, 6.45) is 0.601. The molecule has 9 heteroatoms. The number of anilines is 1. The fourth-order valence-electron chi connectivity index (χ4n) is 2.71. The Morgan fingerprint density at radius 3 is 2.45 bits per heavy atom. The number of rotatable bonds is 9. The standard InChI is InChI=1S/C24H33N3O6/c1-16-17(10-7-6-8-13-21(29)32-5)11-9-12-18(16)26-22(30)19(14-15-20(25)28)27-23(31)33-24(2,3)4/h9,11-12,19H,6,8,13-15H2,1-5H3,(H2,25,28)(H,26,30)(H,27,31)/t19-/m0/s1. The molecule has 4 N–H and O–H groups in total. The Labute approximate surface area is 194 Å². The van der Waals surface area contributed by atoms with E-state index in [1.54, 1.807) is 32.9 Å². The molecule has 0 radical (unpaired) electrons.